The van der Waals surface area contributed by atoms with Crippen LogP contribution in [0.1, 0.15) is 30.9 Å². The topological polar surface area (TPSA) is 20.2 Å². The third-order valence-electron chi connectivity index (χ3n) is 1.98. The number of hydrogen-bond donors (Lipinski definition) is 1. The third kappa shape index (κ3) is 1.78. The molecule has 3 heteroatoms. The van der Waals surface area contributed by atoms with Crippen LogP contribution in [0.3, 0.4) is 0 Å². The van der Waals surface area contributed by atoms with Crippen LogP contribution in [0.15, 0.2) is 6.07 Å². The van der Waals surface area contributed by atoms with Gasteiger partial charge in [-0.2, -0.15) is 0 Å². The Morgan fingerprint density at radius 2 is 2.00 bits per heavy atom. The summed E-state index contributed by atoms with van der Waals surface area (Å²) in [6.45, 7) is 5.26. The Hall–Kier alpha value is -0.760. The van der Waals surface area contributed by atoms with E-state index < -0.39 is 0 Å². The Kier molecular flexibility index (Phi) is 2.81. The van der Waals surface area contributed by atoms with Crippen LogP contribution in [0.2, 0.25) is 5.02 Å². The molecule has 1 N–H and O–H groups in total. The largest absolute Gasteiger partial charge is 0.506 e. The van der Waals surface area contributed by atoms with Crippen LogP contribution >= 0.6 is 11.6 Å². The van der Waals surface area contributed by atoms with Crippen LogP contribution in [-0.4, -0.2) is 5.11 Å². The predicted molar refractivity (Wildman–Crippen MR) is 51.9 cm³/mol. The van der Waals surface area contributed by atoms with Crippen molar-refractivity contribution in [3.63, 3.8) is 0 Å². The SMILES string of the molecule is Cc1cc(Cl)c(O)c(C(C)C)c1F. The predicted octanol–water partition coefficient (Wildman–Crippen LogP) is 3.62. The van der Waals surface area contributed by atoms with Gasteiger partial charge < -0.3 is 5.11 Å². The summed E-state index contributed by atoms with van der Waals surface area (Å²) in [5.74, 6) is -0.575. The summed E-state index contributed by atoms with van der Waals surface area (Å²) in [6.07, 6.45) is 0. The molecule has 0 heterocycles. The maximum atomic E-state index is 13.5. The van der Waals surface area contributed by atoms with Gasteiger partial charge in [-0.1, -0.05) is 25.4 Å². The molecule has 1 aromatic carbocycles. The number of benzene rings is 1. The summed E-state index contributed by atoms with van der Waals surface area (Å²) in [6, 6.07) is 1.43. The molecule has 0 bridgehead atoms. The van der Waals surface area contributed by atoms with Gasteiger partial charge in [0.2, 0.25) is 0 Å². The van der Waals surface area contributed by atoms with Gasteiger partial charge in [0.15, 0.2) is 0 Å². The van der Waals surface area contributed by atoms with E-state index in [1.165, 1.54) is 6.07 Å². The molecule has 1 aromatic rings. The molecule has 72 valence electrons. The fourth-order valence-corrected chi connectivity index (χ4v) is 1.56. The Labute approximate surface area is 82.2 Å². The lowest BCUT2D eigenvalue weighted by atomic mass is 9.99. The van der Waals surface area contributed by atoms with E-state index in [0.717, 1.165) is 0 Å². The maximum Gasteiger partial charge on any atom is 0.140 e. The fraction of sp³-hybridized carbons (Fsp3) is 0.400. The van der Waals surface area contributed by atoms with Gasteiger partial charge in [-0.05, 0) is 24.5 Å². The van der Waals surface area contributed by atoms with Gasteiger partial charge in [0.25, 0.3) is 0 Å². The minimum atomic E-state index is -0.364. The summed E-state index contributed by atoms with van der Waals surface area (Å²) >= 11 is 5.72. The summed E-state index contributed by atoms with van der Waals surface area (Å²) < 4.78 is 13.5. The summed E-state index contributed by atoms with van der Waals surface area (Å²) in [5.41, 5.74) is 0.761. The van der Waals surface area contributed by atoms with E-state index in [4.69, 9.17) is 11.6 Å². The van der Waals surface area contributed by atoms with Gasteiger partial charge in [0.1, 0.15) is 11.6 Å². The number of rotatable bonds is 1. The first kappa shape index (κ1) is 10.3. The summed E-state index contributed by atoms with van der Waals surface area (Å²) in [4.78, 5) is 0. The van der Waals surface area contributed by atoms with Gasteiger partial charge in [-0.25, -0.2) is 4.39 Å². The Bertz CT molecular complexity index is 308. The van der Waals surface area contributed by atoms with Gasteiger partial charge in [-0.3, -0.25) is 0 Å². The van der Waals surface area contributed by atoms with Crippen molar-refractivity contribution in [1.29, 1.82) is 0 Å². The highest BCUT2D eigenvalue weighted by Gasteiger charge is 2.17. The van der Waals surface area contributed by atoms with Crippen LogP contribution in [0.5, 0.6) is 5.75 Å². The van der Waals surface area contributed by atoms with E-state index in [-0.39, 0.29) is 22.5 Å². The summed E-state index contributed by atoms with van der Waals surface area (Å²) in [7, 11) is 0. The Morgan fingerprint density at radius 1 is 1.46 bits per heavy atom. The quantitative estimate of drug-likeness (QED) is 0.738. The molecule has 0 atom stereocenters. The second kappa shape index (κ2) is 3.54. The van der Waals surface area contributed by atoms with Crippen LogP contribution in [0.4, 0.5) is 4.39 Å². The molecule has 0 aliphatic heterocycles. The van der Waals surface area contributed by atoms with Crippen LogP contribution in [0, 0.1) is 12.7 Å². The molecule has 0 aliphatic carbocycles. The number of aromatic hydroxyl groups is 1. The minimum absolute atomic E-state index is 0.0719. The first-order chi connectivity index (χ1) is 5.95. The van der Waals surface area contributed by atoms with E-state index in [9.17, 15) is 9.50 Å². The summed E-state index contributed by atoms with van der Waals surface area (Å²) in [5, 5.41) is 9.71. The first-order valence-electron chi connectivity index (χ1n) is 4.12. The van der Waals surface area contributed by atoms with Crippen molar-refractivity contribution in [2.45, 2.75) is 26.7 Å². The molecule has 0 aliphatic rings. The Morgan fingerprint density at radius 3 is 2.46 bits per heavy atom. The Balaban J connectivity index is 3.46. The zero-order valence-electron chi connectivity index (χ0n) is 7.86. The van der Waals surface area contributed by atoms with E-state index in [0.29, 0.717) is 11.1 Å². The van der Waals surface area contributed by atoms with Crippen LogP contribution in [-0.2, 0) is 0 Å². The zero-order valence-corrected chi connectivity index (χ0v) is 8.61. The van der Waals surface area contributed by atoms with Gasteiger partial charge in [0.05, 0.1) is 5.02 Å². The second-order valence-electron chi connectivity index (χ2n) is 3.41. The molecule has 0 aromatic heterocycles. The monoisotopic (exact) mass is 202 g/mol. The third-order valence-corrected chi connectivity index (χ3v) is 2.27. The maximum absolute atomic E-state index is 13.5. The fourth-order valence-electron chi connectivity index (χ4n) is 1.29. The van der Waals surface area contributed by atoms with E-state index in [1.54, 1.807) is 6.92 Å². The van der Waals surface area contributed by atoms with Gasteiger partial charge in [-0.15, -0.1) is 0 Å². The number of aryl methyl sites for hydroxylation is 1. The highest BCUT2D eigenvalue weighted by molar-refractivity contribution is 6.32. The molecular formula is C10H12ClFO. The van der Waals surface area contributed by atoms with Crippen molar-refractivity contribution in [2.75, 3.05) is 0 Å². The van der Waals surface area contributed by atoms with Crippen molar-refractivity contribution >= 4 is 11.6 Å². The average Bonchev–Trinajstić information content (AvgIpc) is 2.01. The molecule has 1 nitrogen and oxygen atoms in total. The van der Waals surface area contributed by atoms with Crippen molar-refractivity contribution in [1.82, 2.24) is 0 Å². The molecule has 0 amide bonds. The van der Waals surface area contributed by atoms with Gasteiger partial charge >= 0.3 is 0 Å². The van der Waals surface area contributed by atoms with E-state index in [1.807, 2.05) is 13.8 Å². The lowest BCUT2D eigenvalue weighted by molar-refractivity contribution is 0.453. The van der Waals surface area contributed by atoms with Crippen molar-refractivity contribution in [3.05, 3.63) is 28.0 Å². The molecule has 0 saturated heterocycles. The number of phenolic OH excluding ortho intramolecular Hbond substituents is 1. The van der Waals surface area contributed by atoms with Crippen molar-refractivity contribution < 1.29 is 9.50 Å². The zero-order chi connectivity index (χ0) is 10.2. The number of halogens is 2. The van der Waals surface area contributed by atoms with Crippen molar-refractivity contribution in [3.8, 4) is 5.75 Å². The first-order valence-corrected chi connectivity index (χ1v) is 4.50. The number of phenols is 1. The molecule has 0 fully saturated rings. The lowest BCUT2D eigenvalue weighted by Crippen LogP contribution is -1.97. The standard InChI is InChI=1S/C10H12ClFO/c1-5(2)8-9(12)6(3)4-7(11)10(8)13/h4-5,13H,1-3H3. The van der Waals surface area contributed by atoms with Gasteiger partial charge in [0, 0.05) is 5.56 Å². The normalized spacial score (nSPS) is 10.9. The average molecular weight is 203 g/mol. The molecule has 1 rings (SSSR count). The van der Waals surface area contributed by atoms with Crippen molar-refractivity contribution in [2.24, 2.45) is 0 Å². The highest BCUT2D eigenvalue weighted by atomic mass is 35.5. The molecule has 0 saturated carbocycles. The molecule has 13 heavy (non-hydrogen) atoms. The van der Waals surface area contributed by atoms with Crippen LogP contribution < -0.4 is 0 Å². The van der Waals surface area contributed by atoms with E-state index in [2.05, 4.69) is 0 Å². The number of hydrogen-bond acceptors (Lipinski definition) is 1. The molecule has 0 unspecified atom stereocenters. The minimum Gasteiger partial charge on any atom is -0.506 e. The molecular weight excluding hydrogens is 191 g/mol. The lowest BCUT2D eigenvalue weighted by Gasteiger charge is -2.12. The second-order valence-corrected chi connectivity index (χ2v) is 3.81. The van der Waals surface area contributed by atoms with Crippen LogP contribution in [0.25, 0.3) is 0 Å². The molecule has 0 radical (unpaired) electrons. The van der Waals surface area contributed by atoms with E-state index >= 15 is 0 Å². The molecule has 0 spiro atoms. The highest BCUT2D eigenvalue weighted by Crippen LogP contribution is 2.36. The smallest absolute Gasteiger partial charge is 0.140 e.